The number of guanidine groups is 1. The minimum absolute atomic E-state index is 0.155. The maximum absolute atomic E-state index is 12.9. The smallest absolute Gasteiger partial charge is 0.412 e. The lowest BCUT2D eigenvalue weighted by atomic mass is 10.1. The van der Waals surface area contributed by atoms with Gasteiger partial charge in [0.2, 0.25) is 0 Å². The summed E-state index contributed by atoms with van der Waals surface area (Å²) in [6, 6.07) is -0.202. The molecule has 0 bridgehead atoms. The molecule has 2 heterocycles. The van der Waals surface area contributed by atoms with E-state index in [2.05, 4.69) is 39.0 Å². The molecule has 1 amide bonds. The van der Waals surface area contributed by atoms with Gasteiger partial charge in [-0.3, -0.25) is 9.89 Å². The summed E-state index contributed by atoms with van der Waals surface area (Å²) in [6.45, 7) is 17.6. The fourth-order valence-corrected chi connectivity index (χ4v) is 3.77. The highest BCUT2D eigenvalue weighted by molar-refractivity contribution is 5.79. The summed E-state index contributed by atoms with van der Waals surface area (Å²) in [5.74, 6) is 2.13. The van der Waals surface area contributed by atoms with Crippen LogP contribution in [0.15, 0.2) is 17.4 Å². The molecule has 0 radical (unpaired) electrons. The lowest BCUT2D eigenvalue weighted by molar-refractivity contribution is -0.0755. The molecule has 1 aliphatic rings. The number of carbonyl (C=O) groups is 1. The summed E-state index contributed by atoms with van der Waals surface area (Å²) in [6.07, 6.45) is 3.27. The van der Waals surface area contributed by atoms with Crippen LogP contribution in [0.1, 0.15) is 61.2 Å². The van der Waals surface area contributed by atoms with Gasteiger partial charge in [0.1, 0.15) is 17.2 Å². The molecule has 2 atom stereocenters. The Balaban J connectivity index is 2.01. The molecule has 2 rings (SSSR count). The zero-order valence-electron chi connectivity index (χ0n) is 20.5. The van der Waals surface area contributed by atoms with Gasteiger partial charge in [-0.05, 0) is 47.5 Å². The van der Waals surface area contributed by atoms with Crippen LogP contribution in [0, 0.1) is 5.92 Å². The van der Waals surface area contributed by atoms with E-state index in [0.29, 0.717) is 25.0 Å². The van der Waals surface area contributed by atoms with Crippen molar-refractivity contribution in [2.75, 3.05) is 13.6 Å². The molecule has 9 heteroatoms. The second kappa shape index (κ2) is 9.89. The first kappa shape index (κ1) is 25.0. The average molecular weight is 437 g/mol. The number of hydrogen-bond donors (Lipinski definition) is 2. The van der Waals surface area contributed by atoms with Gasteiger partial charge in [-0.2, -0.15) is 0 Å². The van der Waals surface area contributed by atoms with E-state index in [0.717, 1.165) is 12.4 Å². The molecule has 176 valence electrons. The first-order chi connectivity index (χ1) is 14.3. The summed E-state index contributed by atoms with van der Waals surface area (Å²) < 4.78 is 13.8. The molecule has 1 aliphatic heterocycles. The maximum Gasteiger partial charge on any atom is 0.412 e. The predicted octanol–water partition coefficient (Wildman–Crippen LogP) is 2.96. The SMILES string of the molecule is CN=C(NCc1nccn1CC(C)C)NCC1C(C)OC(C)(C)N1C(=O)OC(C)(C)C. The van der Waals surface area contributed by atoms with Crippen LogP contribution in [-0.4, -0.2) is 63.6 Å². The topological polar surface area (TPSA) is 93.0 Å². The normalized spacial score (nSPS) is 21.5. The molecule has 1 aromatic rings. The van der Waals surface area contributed by atoms with Crippen molar-refractivity contribution in [1.29, 1.82) is 0 Å². The van der Waals surface area contributed by atoms with Gasteiger partial charge in [-0.25, -0.2) is 9.78 Å². The summed E-state index contributed by atoms with van der Waals surface area (Å²) in [7, 11) is 1.72. The summed E-state index contributed by atoms with van der Waals surface area (Å²) >= 11 is 0. The van der Waals surface area contributed by atoms with Crippen molar-refractivity contribution in [2.45, 2.75) is 92.0 Å². The highest BCUT2D eigenvalue weighted by Crippen LogP contribution is 2.33. The lowest BCUT2D eigenvalue weighted by Crippen LogP contribution is -2.54. The molecule has 0 spiro atoms. The van der Waals surface area contributed by atoms with Gasteiger partial charge in [0.15, 0.2) is 5.96 Å². The Kier molecular flexibility index (Phi) is 7.97. The van der Waals surface area contributed by atoms with Crippen LogP contribution in [0.25, 0.3) is 0 Å². The molecule has 0 aromatic carbocycles. The number of rotatable bonds is 6. The molecule has 1 fully saturated rings. The zero-order valence-corrected chi connectivity index (χ0v) is 20.5. The van der Waals surface area contributed by atoms with E-state index in [1.807, 2.05) is 53.9 Å². The molecule has 9 nitrogen and oxygen atoms in total. The second-order valence-corrected chi connectivity index (χ2v) is 9.88. The van der Waals surface area contributed by atoms with E-state index in [1.54, 1.807) is 11.9 Å². The average Bonchev–Trinajstić information content (AvgIpc) is 3.13. The summed E-state index contributed by atoms with van der Waals surface area (Å²) in [5, 5.41) is 6.63. The Morgan fingerprint density at radius 1 is 1.35 bits per heavy atom. The molecule has 0 saturated carbocycles. The van der Waals surface area contributed by atoms with Crippen molar-refractivity contribution in [3.63, 3.8) is 0 Å². The van der Waals surface area contributed by atoms with Gasteiger partial charge in [0, 0.05) is 32.5 Å². The monoisotopic (exact) mass is 436 g/mol. The van der Waals surface area contributed by atoms with Crippen molar-refractivity contribution in [1.82, 2.24) is 25.1 Å². The summed E-state index contributed by atoms with van der Waals surface area (Å²) in [5.41, 5.74) is -1.33. The first-order valence-corrected chi connectivity index (χ1v) is 11.0. The third kappa shape index (κ3) is 6.85. The number of ether oxygens (including phenoxy) is 2. The van der Waals surface area contributed by atoms with Crippen molar-refractivity contribution < 1.29 is 14.3 Å². The van der Waals surface area contributed by atoms with Crippen LogP contribution in [0.2, 0.25) is 0 Å². The van der Waals surface area contributed by atoms with Crippen LogP contribution in [0.3, 0.4) is 0 Å². The van der Waals surface area contributed by atoms with Crippen molar-refractivity contribution in [3.8, 4) is 0 Å². The van der Waals surface area contributed by atoms with E-state index in [-0.39, 0.29) is 18.2 Å². The Hall–Kier alpha value is -2.29. The molecular weight excluding hydrogens is 396 g/mol. The summed E-state index contributed by atoms with van der Waals surface area (Å²) in [4.78, 5) is 23.3. The lowest BCUT2D eigenvalue weighted by Gasteiger charge is -2.35. The molecular formula is C22H40N6O3. The zero-order chi connectivity index (χ0) is 23.4. The van der Waals surface area contributed by atoms with Crippen molar-refractivity contribution in [2.24, 2.45) is 10.9 Å². The third-order valence-corrected chi connectivity index (χ3v) is 5.00. The number of aliphatic imine (C=N–C) groups is 1. The number of aromatic nitrogens is 2. The third-order valence-electron chi connectivity index (χ3n) is 5.00. The molecule has 2 unspecified atom stereocenters. The van der Waals surface area contributed by atoms with Crippen molar-refractivity contribution in [3.05, 3.63) is 18.2 Å². The Labute approximate surface area is 186 Å². The first-order valence-electron chi connectivity index (χ1n) is 11.0. The van der Waals surface area contributed by atoms with Crippen LogP contribution in [0.4, 0.5) is 4.79 Å². The number of amides is 1. The number of nitrogens with one attached hydrogen (secondary N) is 2. The van der Waals surface area contributed by atoms with Gasteiger partial charge < -0.3 is 24.7 Å². The molecule has 1 aromatic heterocycles. The maximum atomic E-state index is 12.9. The van der Waals surface area contributed by atoms with Gasteiger partial charge in [0.25, 0.3) is 0 Å². The minimum Gasteiger partial charge on any atom is -0.444 e. The number of carbonyl (C=O) groups excluding carboxylic acids is 1. The number of nitrogens with zero attached hydrogens (tertiary/aromatic N) is 4. The Bertz CT molecular complexity index is 766. The number of imidazole rings is 1. The van der Waals surface area contributed by atoms with Crippen LogP contribution >= 0.6 is 0 Å². The molecule has 31 heavy (non-hydrogen) atoms. The molecule has 2 N–H and O–H groups in total. The quantitative estimate of drug-likeness (QED) is 0.526. The van der Waals surface area contributed by atoms with Crippen LogP contribution in [-0.2, 0) is 22.6 Å². The van der Waals surface area contributed by atoms with Gasteiger partial charge in [-0.15, -0.1) is 0 Å². The van der Waals surface area contributed by atoms with E-state index in [9.17, 15) is 4.79 Å². The molecule has 0 aliphatic carbocycles. The van der Waals surface area contributed by atoms with Crippen molar-refractivity contribution >= 4 is 12.1 Å². The molecule has 1 saturated heterocycles. The minimum atomic E-state index is -0.757. The Morgan fingerprint density at radius 3 is 2.61 bits per heavy atom. The largest absolute Gasteiger partial charge is 0.444 e. The van der Waals surface area contributed by atoms with E-state index < -0.39 is 11.3 Å². The standard InChI is InChI=1S/C22H40N6O3/c1-15(2)14-27-11-10-24-18(27)13-26-19(23-9)25-12-17-16(3)30-22(7,8)28(17)20(29)31-21(4,5)6/h10-11,15-17H,12-14H2,1-9H3,(H2,23,25,26). The van der Waals surface area contributed by atoms with Crippen LogP contribution in [0.5, 0.6) is 0 Å². The van der Waals surface area contributed by atoms with Crippen LogP contribution < -0.4 is 10.6 Å². The van der Waals surface area contributed by atoms with E-state index >= 15 is 0 Å². The van der Waals surface area contributed by atoms with E-state index in [4.69, 9.17) is 9.47 Å². The van der Waals surface area contributed by atoms with Gasteiger partial charge >= 0.3 is 6.09 Å². The van der Waals surface area contributed by atoms with E-state index in [1.165, 1.54) is 0 Å². The Morgan fingerprint density at radius 2 is 2.03 bits per heavy atom. The van der Waals surface area contributed by atoms with Gasteiger partial charge in [-0.1, -0.05) is 13.8 Å². The highest BCUT2D eigenvalue weighted by atomic mass is 16.6. The second-order valence-electron chi connectivity index (χ2n) is 9.88. The predicted molar refractivity (Wildman–Crippen MR) is 122 cm³/mol. The fourth-order valence-electron chi connectivity index (χ4n) is 3.77. The highest BCUT2D eigenvalue weighted by Gasteiger charge is 2.49. The van der Waals surface area contributed by atoms with Gasteiger partial charge in [0.05, 0.1) is 18.7 Å². The number of hydrogen-bond acceptors (Lipinski definition) is 5. The fraction of sp³-hybridized carbons (Fsp3) is 0.773.